The van der Waals surface area contributed by atoms with Gasteiger partial charge in [-0.15, -0.1) is 0 Å². The summed E-state index contributed by atoms with van der Waals surface area (Å²) in [5, 5.41) is 1.12. The molecule has 1 aliphatic heterocycles. The van der Waals surface area contributed by atoms with Gasteiger partial charge in [0, 0.05) is 41.3 Å². The number of hydrogen-bond acceptors (Lipinski definition) is 3. The fourth-order valence-corrected chi connectivity index (χ4v) is 4.23. The van der Waals surface area contributed by atoms with Gasteiger partial charge in [-0.1, -0.05) is 0 Å². The first-order valence-corrected chi connectivity index (χ1v) is 9.79. The molecule has 3 aromatic rings. The van der Waals surface area contributed by atoms with Crippen molar-refractivity contribution in [2.75, 3.05) is 13.1 Å². The molecule has 0 bridgehead atoms. The molecule has 1 aliphatic rings. The molecule has 2 aromatic heterocycles. The number of likely N-dealkylation sites (tertiary alicyclic amines) is 1. The summed E-state index contributed by atoms with van der Waals surface area (Å²) in [6, 6.07) is 9.58. The molecular formula is C20H18F3N3OS. The highest BCUT2D eigenvalue weighted by atomic mass is 32.2. The smallest absolute Gasteiger partial charge is 0.346 e. The van der Waals surface area contributed by atoms with Gasteiger partial charge in [0.2, 0.25) is 0 Å². The normalized spacial score (nSPS) is 15.9. The number of thioether (sulfide) groups is 1. The van der Waals surface area contributed by atoms with Crippen molar-refractivity contribution in [1.82, 2.24) is 14.9 Å². The molecule has 1 fully saturated rings. The molecule has 0 aliphatic carbocycles. The molecule has 0 atom stereocenters. The number of carbonyl (C=O) groups is 1. The minimum Gasteiger partial charge on any atom is -0.346 e. The average molecular weight is 405 g/mol. The van der Waals surface area contributed by atoms with Crippen molar-refractivity contribution >= 4 is 28.7 Å². The number of nitrogens with one attached hydrogen (secondary N) is 1. The lowest BCUT2D eigenvalue weighted by Crippen LogP contribution is -2.37. The predicted octanol–water partition coefficient (Wildman–Crippen LogP) is 5.19. The number of nitrogens with zero attached hydrogens (tertiary/aromatic N) is 2. The molecule has 0 spiro atoms. The summed E-state index contributed by atoms with van der Waals surface area (Å²) in [4.78, 5) is 22.0. The van der Waals surface area contributed by atoms with E-state index in [4.69, 9.17) is 0 Å². The number of alkyl halides is 3. The van der Waals surface area contributed by atoms with E-state index < -0.39 is 5.51 Å². The van der Waals surface area contributed by atoms with Crippen molar-refractivity contribution in [3.8, 4) is 0 Å². The van der Waals surface area contributed by atoms with Crippen LogP contribution in [-0.2, 0) is 0 Å². The lowest BCUT2D eigenvalue weighted by Gasteiger charge is -2.32. The molecule has 1 amide bonds. The Hall–Kier alpha value is -2.48. The van der Waals surface area contributed by atoms with E-state index in [9.17, 15) is 18.0 Å². The Morgan fingerprint density at radius 2 is 1.86 bits per heavy atom. The number of amides is 1. The summed E-state index contributed by atoms with van der Waals surface area (Å²) in [7, 11) is 0. The number of rotatable bonds is 3. The Balaban J connectivity index is 1.40. The Morgan fingerprint density at radius 1 is 1.14 bits per heavy atom. The van der Waals surface area contributed by atoms with Crippen LogP contribution in [0, 0.1) is 0 Å². The second kappa shape index (κ2) is 7.50. The molecule has 1 saturated heterocycles. The van der Waals surface area contributed by atoms with Gasteiger partial charge in [0.05, 0.1) is 0 Å². The van der Waals surface area contributed by atoms with E-state index in [1.165, 1.54) is 29.8 Å². The second-order valence-electron chi connectivity index (χ2n) is 6.78. The number of H-pyrrole nitrogens is 1. The summed E-state index contributed by atoms with van der Waals surface area (Å²) >= 11 is -0.177. The number of carbonyl (C=O) groups excluding carboxylic acids is 1. The third-order valence-electron chi connectivity index (χ3n) is 5.04. The lowest BCUT2D eigenvalue weighted by atomic mass is 9.89. The van der Waals surface area contributed by atoms with Gasteiger partial charge in [0.15, 0.2) is 0 Å². The van der Waals surface area contributed by atoms with E-state index in [1.54, 1.807) is 11.1 Å². The number of pyridine rings is 1. The average Bonchev–Trinajstić information content (AvgIpc) is 3.11. The van der Waals surface area contributed by atoms with Gasteiger partial charge in [0.25, 0.3) is 5.91 Å². The second-order valence-corrected chi connectivity index (χ2v) is 7.92. The van der Waals surface area contributed by atoms with Gasteiger partial charge in [-0.05, 0) is 72.5 Å². The van der Waals surface area contributed by atoms with E-state index in [-0.39, 0.29) is 22.6 Å². The van der Waals surface area contributed by atoms with E-state index in [0.717, 1.165) is 23.9 Å². The Kier molecular flexibility index (Phi) is 5.05. The Morgan fingerprint density at radius 3 is 2.54 bits per heavy atom. The number of aromatic amines is 1. The van der Waals surface area contributed by atoms with Crippen LogP contribution in [0.15, 0.2) is 53.7 Å². The van der Waals surface area contributed by atoms with Crippen molar-refractivity contribution in [3.63, 3.8) is 0 Å². The third kappa shape index (κ3) is 4.01. The molecule has 1 aromatic carbocycles. The number of fused-ring (bicyclic) bond motifs is 1. The molecule has 0 radical (unpaired) electrons. The maximum Gasteiger partial charge on any atom is 0.446 e. The highest BCUT2D eigenvalue weighted by molar-refractivity contribution is 8.00. The van der Waals surface area contributed by atoms with Crippen molar-refractivity contribution < 1.29 is 18.0 Å². The van der Waals surface area contributed by atoms with Gasteiger partial charge >= 0.3 is 5.51 Å². The van der Waals surface area contributed by atoms with E-state index >= 15 is 0 Å². The first-order chi connectivity index (χ1) is 13.4. The van der Waals surface area contributed by atoms with E-state index in [0.29, 0.717) is 24.6 Å². The van der Waals surface area contributed by atoms with Crippen LogP contribution < -0.4 is 0 Å². The van der Waals surface area contributed by atoms with Crippen LogP contribution in [0.4, 0.5) is 13.2 Å². The standard InChI is InChI=1S/C20H18F3N3OS/c21-20(22,23)28-15-5-3-14(4-6-15)19(27)26-10-7-13(8-11-26)17-12-25-18-16(17)2-1-9-24-18/h1-6,9,12-13H,7-8,10-11H2,(H,24,25). The number of aromatic nitrogens is 2. The Bertz CT molecular complexity index is 976. The van der Waals surface area contributed by atoms with Crippen LogP contribution in [0.5, 0.6) is 0 Å². The van der Waals surface area contributed by atoms with E-state index in [1.807, 2.05) is 18.3 Å². The molecule has 146 valence electrons. The predicted molar refractivity (Wildman–Crippen MR) is 102 cm³/mol. The number of benzene rings is 1. The minimum absolute atomic E-state index is 0.0794. The summed E-state index contributed by atoms with van der Waals surface area (Å²) in [5.41, 5.74) is -1.82. The third-order valence-corrected chi connectivity index (χ3v) is 5.78. The quantitative estimate of drug-likeness (QED) is 0.610. The van der Waals surface area contributed by atoms with Gasteiger partial charge in [-0.3, -0.25) is 4.79 Å². The van der Waals surface area contributed by atoms with Crippen LogP contribution >= 0.6 is 11.8 Å². The first kappa shape index (κ1) is 18.9. The molecule has 0 saturated carbocycles. The van der Waals surface area contributed by atoms with Crippen LogP contribution in [0.2, 0.25) is 0 Å². The van der Waals surface area contributed by atoms with Gasteiger partial charge in [-0.25, -0.2) is 4.98 Å². The fourth-order valence-electron chi connectivity index (χ4n) is 3.69. The van der Waals surface area contributed by atoms with Crippen LogP contribution in [-0.4, -0.2) is 39.4 Å². The molecule has 28 heavy (non-hydrogen) atoms. The zero-order valence-corrected chi connectivity index (χ0v) is 15.7. The molecule has 8 heteroatoms. The molecule has 3 heterocycles. The lowest BCUT2D eigenvalue weighted by molar-refractivity contribution is -0.0328. The monoisotopic (exact) mass is 405 g/mol. The highest BCUT2D eigenvalue weighted by Crippen LogP contribution is 2.37. The van der Waals surface area contributed by atoms with Crippen molar-refractivity contribution in [2.45, 2.75) is 29.2 Å². The summed E-state index contributed by atoms with van der Waals surface area (Å²) in [6.07, 6.45) is 5.43. The SMILES string of the molecule is O=C(c1ccc(SC(F)(F)F)cc1)N1CCC(c2c[nH]c3ncccc23)CC1. The van der Waals surface area contributed by atoms with Gasteiger partial charge in [-0.2, -0.15) is 13.2 Å². The number of halogens is 3. The topological polar surface area (TPSA) is 49.0 Å². The van der Waals surface area contributed by atoms with Gasteiger partial charge < -0.3 is 9.88 Å². The van der Waals surface area contributed by atoms with E-state index in [2.05, 4.69) is 9.97 Å². The van der Waals surface area contributed by atoms with Crippen LogP contribution in [0.3, 0.4) is 0 Å². The minimum atomic E-state index is -4.33. The summed E-state index contributed by atoms with van der Waals surface area (Å²) in [6.45, 7) is 1.24. The largest absolute Gasteiger partial charge is 0.446 e. The number of hydrogen-bond donors (Lipinski definition) is 1. The van der Waals surface area contributed by atoms with Crippen molar-refractivity contribution in [1.29, 1.82) is 0 Å². The molecule has 4 rings (SSSR count). The van der Waals surface area contributed by atoms with Crippen molar-refractivity contribution in [3.05, 3.63) is 59.9 Å². The van der Waals surface area contributed by atoms with Crippen molar-refractivity contribution in [2.24, 2.45) is 0 Å². The summed E-state index contributed by atoms with van der Waals surface area (Å²) < 4.78 is 37.3. The Labute approximate surface area is 164 Å². The van der Waals surface area contributed by atoms with Crippen LogP contribution in [0.1, 0.15) is 34.7 Å². The molecule has 1 N–H and O–H groups in total. The number of piperidine rings is 1. The zero-order valence-electron chi connectivity index (χ0n) is 14.9. The maximum atomic E-state index is 12.7. The highest BCUT2D eigenvalue weighted by Gasteiger charge is 2.30. The zero-order chi connectivity index (χ0) is 19.7. The first-order valence-electron chi connectivity index (χ1n) is 8.98. The van der Waals surface area contributed by atoms with Crippen LogP contribution in [0.25, 0.3) is 11.0 Å². The van der Waals surface area contributed by atoms with Gasteiger partial charge in [0.1, 0.15) is 5.65 Å². The maximum absolute atomic E-state index is 12.7. The molecule has 0 unspecified atom stereocenters. The summed E-state index contributed by atoms with van der Waals surface area (Å²) in [5.74, 6) is 0.218. The fraction of sp³-hybridized carbons (Fsp3) is 0.300. The molecular weight excluding hydrogens is 387 g/mol. The molecule has 4 nitrogen and oxygen atoms in total.